The molecule has 0 atom stereocenters. The molecule has 88 valence electrons. The molecule has 5 heteroatoms. The fourth-order valence-electron chi connectivity index (χ4n) is 1.23. The van der Waals surface area contributed by atoms with Gasteiger partial charge in [0.1, 0.15) is 17.4 Å². The van der Waals surface area contributed by atoms with Gasteiger partial charge in [0.25, 0.3) is 5.91 Å². The molecule has 1 rings (SSSR count). The van der Waals surface area contributed by atoms with Crippen molar-refractivity contribution in [1.29, 1.82) is 5.26 Å². The first-order valence-electron chi connectivity index (χ1n) is 4.92. The van der Waals surface area contributed by atoms with Crippen molar-refractivity contribution in [1.82, 2.24) is 0 Å². The van der Waals surface area contributed by atoms with E-state index in [4.69, 9.17) is 27.3 Å². The second-order valence-electron chi connectivity index (χ2n) is 3.15. The number of nitrogens with two attached hydrogens (primary N) is 1. The Morgan fingerprint density at radius 2 is 2.35 bits per heavy atom. The molecule has 0 aliphatic carbocycles. The Hall–Kier alpha value is -1.99. The highest BCUT2D eigenvalue weighted by atomic mass is 35.5. The molecule has 0 bridgehead atoms. The summed E-state index contributed by atoms with van der Waals surface area (Å²) in [6, 6.07) is 6.67. The molecule has 0 aliphatic rings. The van der Waals surface area contributed by atoms with Crippen molar-refractivity contribution in [2.45, 2.75) is 6.92 Å². The summed E-state index contributed by atoms with van der Waals surface area (Å²) in [6.45, 7) is 2.31. The summed E-state index contributed by atoms with van der Waals surface area (Å²) in [5, 5.41) is 9.24. The van der Waals surface area contributed by atoms with E-state index < -0.39 is 5.91 Å². The standard InChI is InChI=1S/C12H11ClN2O2/c1-2-17-11-4-3-10(13)6-8(11)5-9(7-14)12(15)16/h3-6H,2H2,1H3,(H2,15,16)/b9-5+. The number of nitrogens with zero attached hydrogens (tertiary/aromatic N) is 1. The average molecular weight is 251 g/mol. The minimum absolute atomic E-state index is 0.145. The summed E-state index contributed by atoms with van der Waals surface area (Å²) >= 11 is 5.84. The maximum atomic E-state index is 10.9. The van der Waals surface area contributed by atoms with Crippen molar-refractivity contribution < 1.29 is 9.53 Å². The van der Waals surface area contributed by atoms with Crippen molar-refractivity contribution >= 4 is 23.6 Å². The maximum absolute atomic E-state index is 10.9. The highest BCUT2D eigenvalue weighted by Gasteiger charge is 2.07. The summed E-state index contributed by atoms with van der Waals surface area (Å²) < 4.78 is 5.35. The number of ether oxygens (including phenoxy) is 1. The fourth-order valence-corrected chi connectivity index (χ4v) is 1.41. The normalized spacial score (nSPS) is 10.8. The van der Waals surface area contributed by atoms with E-state index in [-0.39, 0.29) is 5.57 Å². The van der Waals surface area contributed by atoms with Crippen LogP contribution < -0.4 is 10.5 Å². The number of hydrogen-bond acceptors (Lipinski definition) is 3. The van der Waals surface area contributed by atoms with E-state index >= 15 is 0 Å². The van der Waals surface area contributed by atoms with Gasteiger partial charge in [0, 0.05) is 10.6 Å². The number of rotatable bonds is 4. The van der Waals surface area contributed by atoms with Crippen LogP contribution in [0.1, 0.15) is 12.5 Å². The van der Waals surface area contributed by atoms with Crippen LogP contribution in [0, 0.1) is 11.3 Å². The van der Waals surface area contributed by atoms with Gasteiger partial charge in [0.2, 0.25) is 0 Å². The molecule has 4 nitrogen and oxygen atoms in total. The SMILES string of the molecule is CCOc1ccc(Cl)cc1/C=C(\C#N)C(N)=O. The first-order valence-corrected chi connectivity index (χ1v) is 5.30. The van der Waals surface area contributed by atoms with Crippen LogP contribution in [0.5, 0.6) is 5.75 Å². The predicted octanol–water partition coefficient (Wildman–Crippen LogP) is 2.13. The van der Waals surface area contributed by atoms with Gasteiger partial charge in [0.15, 0.2) is 0 Å². The van der Waals surface area contributed by atoms with Crippen molar-refractivity contribution in [3.8, 4) is 11.8 Å². The molecule has 0 fully saturated rings. The van der Waals surface area contributed by atoms with E-state index in [1.54, 1.807) is 24.3 Å². The number of nitriles is 1. The van der Waals surface area contributed by atoms with Crippen molar-refractivity contribution in [2.75, 3.05) is 6.61 Å². The van der Waals surface area contributed by atoms with Crippen LogP contribution >= 0.6 is 11.6 Å². The number of carbonyl (C=O) groups is 1. The van der Waals surface area contributed by atoms with Gasteiger partial charge in [-0.3, -0.25) is 4.79 Å². The Labute approximate surface area is 104 Å². The number of halogens is 1. The Balaban J connectivity index is 3.24. The molecule has 0 heterocycles. The Morgan fingerprint density at radius 1 is 1.65 bits per heavy atom. The molecular formula is C12H11ClN2O2. The van der Waals surface area contributed by atoms with E-state index in [0.717, 1.165) is 0 Å². The molecule has 0 saturated heterocycles. The van der Waals surface area contributed by atoms with Gasteiger partial charge in [-0.2, -0.15) is 5.26 Å². The molecule has 0 saturated carbocycles. The Kier molecular flexibility index (Phi) is 4.56. The monoisotopic (exact) mass is 250 g/mol. The second kappa shape index (κ2) is 5.92. The third kappa shape index (κ3) is 3.51. The molecule has 0 unspecified atom stereocenters. The Bertz CT molecular complexity index is 504. The van der Waals surface area contributed by atoms with Gasteiger partial charge in [-0.1, -0.05) is 11.6 Å². The maximum Gasteiger partial charge on any atom is 0.259 e. The molecule has 0 aromatic heterocycles. The fraction of sp³-hybridized carbons (Fsp3) is 0.167. The topological polar surface area (TPSA) is 76.1 Å². The summed E-state index contributed by atoms with van der Waals surface area (Å²) in [5.41, 5.74) is 5.46. The first-order chi connectivity index (χ1) is 8.08. The average Bonchev–Trinajstić information content (AvgIpc) is 2.29. The predicted molar refractivity (Wildman–Crippen MR) is 65.4 cm³/mol. The zero-order valence-electron chi connectivity index (χ0n) is 9.24. The minimum Gasteiger partial charge on any atom is -0.493 e. The molecule has 17 heavy (non-hydrogen) atoms. The van der Waals surface area contributed by atoms with Gasteiger partial charge in [0.05, 0.1) is 6.61 Å². The molecule has 1 amide bonds. The number of hydrogen-bond donors (Lipinski definition) is 1. The molecule has 1 aromatic carbocycles. The van der Waals surface area contributed by atoms with Crippen molar-refractivity contribution in [3.05, 3.63) is 34.4 Å². The van der Waals surface area contributed by atoms with Crippen molar-refractivity contribution in [2.24, 2.45) is 5.73 Å². The lowest BCUT2D eigenvalue weighted by molar-refractivity contribution is -0.114. The summed E-state index contributed by atoms with van der Waals surface area (Å²) in [6.07, 6.45) is 1.36. The van der Waals surface area contributed by atoms with E-state index in [9.17, 15) is 4.79 Å². The quantitative estimate of drug-likeness (QED) is 0.657. The lowest BCUT2D eigenvalue weighted by Crippen LogP contribution is -2.12. The van der Waals surface area contributed by atoms with Gasteiger partial charge in [-0.25, -0.2) is 0 Å². The Morgan fingerprint density at radius 3 is 2.88 bits per heavy atom. The number of primary amides is 1. The van der Waals surface area contributed by atoms with Crippen LogP contribution in [0.4, 0.5) is 0 Å². The van der Waals surface area contributed by atoms with Crippen molar-refractivity contribution in [3.63, 3.8) is 0 Å². The lowest BCUT2D eigenvalue weighted by Gasteiger charge is -2.07. The van der Waals surface area contributed by atoms with Gasteiger partial charge < -0.3 is 10.5 Å². The van der Waals surface area contributed by atoms with Gasteiger partial charge >= 0.3 is 0 Å². The largest absolute Gasteiger partial charge is 0.493 e. The number of benzene rings is 1. The highest BCUT2D eigenvalue weighted by molar-refractivity contribution is 6.30. The summed E-state index contributed by atoms with van der Waals surface area (Å²) in [5.74, 6) is -0.235. The van der Waals surface area contributed by atoms with Crippen LogP contribution in [-0.2, 0) is 4.79 Å². The van der Waals surface area contributed by atoms with Crippen LogP contribution in [-0.4, -0.2) is 12.5 Å². The van der Waals surface area contributed by atoms with Gasteiger partial charge in [-0.15, -0.1) is 0 Å². The van der Waals surface area contributed by atoms with E-state index in [0.29, 0.717) is 22.9 Å². The van der Waals surface area contributed by atoms with E-state index in [2.05, 4.69) is 0 Å². The van der Waals surface area contributed by atoms with Crippen LogP contribution in [0.25, 0.3) is 6.08 Å². The summed E-state index contributed by atoms with van der Waals surface area (Å²) in [7, 11) is 0. The van der Waals surface area contributed by atoms with E-state index in [1.807, 2.05) is 6.92 Å². The van der Waals surface area contributed by atoms with Crippen LogP contribution in [0.15, 0.2) is 23.8 Å². The zero-order chi connectivity index (χ0) is 12.8. The highest BCUT2D eigenvalue weighted by Crippen LogP contribution is 2.25. The molecule has 0 aliphatic heterocycles. The number of carbonyl (C=O) groups excluding carboxylic acids is 1. The summed E-state index contributed by atoms with van der Waals surface area (Å²) in [4.78, 5) is 10.9. The van der Waals surface area contributed by atoms with E-state index in [1.165, 1.54) is 6.08 Å². The van der Waals surface area contributed by atoms with Gasteiger partial charge in [-0.05, 0) is 31.2 Å². The molecule has 0 spiro atoms. The zero-order valence-corrected chi connectivity index (χ0v) is 9.99. The van der Waals surface area contributed by atoms with Crippen LogP contribution in [0.3, 0.4) is 0 Å². The third-order valence-electron chi connectivity index (χ3n) is 1.96. The molecule has 0 radical (unpaired) electrons. The first kappa shape index (κ1) is 13.1. The second-order valence-corrected chi connectivity index (χ2v) is 3.59. The number of amides is 1. The molecular weight excluding hydrogens is 240 g/mol. The lowest BCUT2D eigenvalue weighted by atomic mass is 10.1. The minimum atomic E-state index is -0.782. The van der Waals surface area contributed by atoms with Crippen LogP contribution in [0.2, 0.25) is 5.02 Å². The third-order valence-corrected chi connectivity index (χ3v) is 2.19. The smallest absolute Gasteiger partial charge is 0.259 e. The molecule has 1 aromatic rings. The molecule has 2 N–H and O–H groups in total.